The van der Waals surface area contributed by atoms with Crippen LogP contribution in [0.2, 0.25) is 0 Å². The van der Waals surface area contributed by atoms with Gasteiger partial charge in [-0.25, -0.2) is 0 Å². The first-order valence-electron chi connectivity index (χ1n) is 3.94. The lowest BCUT2D eigenvalue weighted by Crippen LogP contribution is -2.29. The van der Waals surface area contributed by atoms with Crippen LogP contribution in [-0.4, -0.2) is 11.9 Å². The molecule has 13 heavy (non-hydrogen) atoms. The standard InChI is InChI=1S/C10H11BrO2/c1-10(2,7-12)13-9-5-3-4-8(11)6-9/h3-7H,1-2H3. The summed E-state index contributed by atoms with van der Waals surface area (Å²) in [5.74, 6) is 0.687. The highest BCUT2D eigenvalue weighted by Crippen LogP contribution is 2.21. The van der Waals surface area contributed by atoms with Gasteiger partial charge in [-0.05, 0) is 32.0 Å². The van der Waals surface area contributed by atoms with E-state index in [2.05, 4.69) is 15.9 Å². The Bertz CT molecular complexity index is 308. The van der Waals surface area contributed by atoms with Gasteiger partial charge in [-0.2, -0.15) is 0 Å². The summed E-state index contributed by atoms with van der Waals surface area (Å²) in [5.41, 5.74) is -0.763. The van der Waals surface area contributed by atoms with E-state index in [1.807, 2.05) is 24.3 Å². The van der Waals surface area contributed by atoms with E-state index in [1.54, 1.807) is 13.8 Å². The molecule has 70 valence electrons. The molecule has 0 spiro atoms. The van der Waals surface area contributed by atoms with Gasteiger partial charge in [-0.1, -0.05) is 22.0 Å². The van der Waals surface area contributed by atoms with E-state index in [0.717, 1.165) is 10.8 Å². The van der Waals surface area contributed by atoms with Crippen molar-refractivity contribution in [2.24, 2.45) is 0 Å². The Hall–Kier alpha value is -0.830. The van der Waals surface area contributed by atoms with Crippen LogP contribution in [-0.2, 0) is 4.79 Å². The van der Waals surface area contributed by atoms with Gasteiger partial charge >= 0.3 is 0 Å². The zero-order chi connectivity index (χ0) is 9.90. The summed E-state index contributed by atoms with van der Waals surface area (Å²) in [4.78, 5) is 10.6. The maximum atomic E-state index is 10.6. The second-order valence-corrected chi connectivity index (χ2v) is 4.20. The van der Waals surface area contributed by atoms with Gasteiger partial charge < -0.3 is 4.74 Å². The molecular weight excluding hydrogens is 232 g/mol. The number of carbonyl (C=O) groups is 1. The van der Waals surface area contributed by atoms with Gasteiger partial charge in [0.2, 0.25) is 0 Å². The van der Waals surface area contributed by atoms with Crippen LogP contribution in [0.25, 0.3) is 0 Å². The fourth-order valence-electron chi connectivity index (χ4n) is 0.858. The Balaban J connectivity index is 2.80. The summed E-state index contributed by atoms with van der Waals surface area (Å²) in [6, 6.07) is 7.41. The van der Waals surface area contributed by atoms with Crippen molar-refractivity contribution in [1.82, 2.24) is 0 Å². The lowest BCUT2D eigenvalue weighted by Gasteiger charge is -2.19. The maximum Gasteiger partial charge on any atom is 0.162 e. The Morgan fingerprint density at radius 1 is 1.46 bits per heavy atom. The molecule has 0 bridgehead atoms. The number of benzene rings is 1. The summed E-state index contributed by atoms with van der Waals surface area (Å²) in [6.07, 6.45) is 0.786. The van der Waals surface area contributed by atoms with Crippen LogP contribution in [0.3, 0.4) is 0 Å². The van der Waals surface area contributed by atoms with Crippen LogP contribution in [0.1, 0.15) is 13.8 Å². The topological polar surface area (TPSA) is 26.3 Å². The molecule has 3 heteroatoms. The van der Waals surface area contributed by atoms with Crippen molar-refractivity contribution >= 4 is 22.2 Å². The SMILES string of the molecule is CC(C)(C=O)Oc1cccc(Br)c1. The summed E-state index contributed by atoms with van der Waals surface area (Å²) in [5, 5.41) is 0. The Morgan fingerprint density at radius 3 is 2.69 bits per heavy atom. The Kier molecular flexibility index (Phi) is 3.09. The van der Waals surface area contributed by atoms with Gasteiger partial charge in [0, 0.05) is 4.47 Å². The molecule has 0 aliphatic carbocycles. The first-order chi connectivity index (χ1) is 6.03. The fourth-order valence-corrected chi connectivity index (χ4v) is 1.24. The van der Waals surface area contributed by atoms with Gasteiger partial charge in [0.1, 0.15) is 5.75 Å². The predicted octanol–water partition coefficient (Wildman–Crippen LogP) is 2.81. The van der Waals surface area contributed by atoms with Crippen molar-refractivity contribution in [2.75, 3.05) is 0 Å². The molecule has 0 saturated heterocycles. The minimum absolute atomic E-state index is 0.687. The maximum absolute atomic E-state index is 10.6. The van der Waals surface area contributed by atoms with Crippen LogP contribution in [0.4, 0.5) is 0 Å². The minimum Gasteiger partial charge on any atom is -0.480 e. The van der Waals surface area contributed by atoms with Crippen molar-refractivity contribution in [1.29, 1.82) is 0 Å². The number of rotatable bonds is 3. The average Bonchev–Trinajstić information content (AvgIpc) is 2.03. The van der Waals surface area contributed by atoms with Crippen LogP contribution in [0.15, 0.2) is 28.7 Å². The summed E-state index contributed by atoms with van der Waals surface area (Å²) in [6.45, 7) is 3.45. The molecule has 1 rings (SSSR count). The highest BCUT2D eigenvalue weighted by Gasteiger charge is 2.17. The van der Waals surface area contributed by atoms with Crippen molar-refractivity contribution in [3.63, 3.8) is 0 Å². The molecule has 0 aromatic heterocycles. The molecular formula is C10H11BrO2. The largest absolute Gasteiger partial charge is 0.480 e. The van der Waals surface area contributed by atoms with Crippen molar-refractivity contribution in [2.45, 2.75) is 19.4 Å². The molecule has 0 aliphatic heterocycles. The monoisotopic (exact) mass is 242 g/mol. The van der Waals surface area contributed by atoms with E-state index >= 15 is 0 Å². The van der Waals surface area contributed by atoms with E-state index in [-0.39, 0.29) is 0 Å². The smallest absolute Gasteiger partial charge is 0.162 e. The average molecular weight is 243 g/mol. The third-order valence-electron chi connectivity index (χ3n) is 1.46. The van der Waals surface area contributed by atoms with E-state index in [9.17, 15) is 4.79 Å². The second kappa shape index (κ2) is 3.92. The summed E-state index contributed by atoms with van der Waals surface area (Å²) in [7, 11) is 0. The minimum atomic E-state index is -0.763. The number of carbonyl (C=O) groups excluding carboxylic acids is 1. The first kappa shape index (κ1) is 10.3. The third-order valence-corrected chi connectivity index (χ3v) is 1.95. The summed E-state index contributed by atoms with van der Waals surface area (Å²) < 4.78 is 6.37. The molecule has 0 radical (unpaired) electrons. The van der Waals surface area contributed by atoms with Crippen LogP contribution < -0.4 is 4.74 Å². The van der Waals surface area contributed by atoms with E-state index in [1.165, 1.54) is 0 Å². The quantitative estimate of drug-likeness (QED) is 0.763. The van der Waals surface area contributed by atoms with Crippen molar-refractivity contribution in [3.8, 4) is 5.75 Å². The lowest BCUT2D eigenvalue weighted by atomic mass is 10.2. The molecule has 1 aromatic rings. The molecule has 0 saturated carbocycles. The molecule has 1 aromatic carbocycles. The summed E-state index contributed by atoms with van der Waals surface area (Å²) >= 11 is 3.32. The molecule has 0 unspecified atom stereocenters. The molecule has 2 nitrogen and oxygen atoms in total. The molecule has 0 fully saturated rings. The van der Waals surface area contributed by atoms with Crippen molar-refractivity contribution in [3.05, 3.63) is 28.7 Å². The van der Waals surface area contributed by atoms with E-state index in [4.69, 9.17) is 4.74 Å². The van der Waals surface area contributed by atoms with E-state index < -0.39 is 5.60 Å². The van der Waals surface area contributed by atoms with Crippen LogP contribution >= 0.6 is 15.9 Å². The highest BCUT2D eigenvalue weighted by atomic mass is 79.9. The van der Waals surface area contributed by atoms with Gasteiger partial charge in [-0.15, -0.1) is 0 Å². The third kappa shape index (κ3) is 3.19. The number of halogens is 1. The zero-order valence-electron chi connectivity index (χ0n) is 7.58. The van der Waals surface area contributed by atoms with Gasteiger partial charge in [0.15, 0.2) is 11.9 Å². The fraction of sp³-hybridized carbons (Fsp3) is 0.300. The molecule has 0 atom stereocenters. The Morgan fingerprint density at radius 2 is 2.15 bits per heavy atom. The lowest BCUT2D eigenvalue weighted by molar-refractivity contribution is -0.118. The Labute approximate surface area is 86.0 Å². The normalized spacial score (nSPS) is 11.0. The first-order valence-corrected chi connectivity index (χ1v) is 4.74. The van der Waals surface area contributed by atoms with E-state index in [0.29, 0.717) is 5.75 Å². The number of hydrogen-bond donors (Lipinski definition) is 0. The van der Waals surface area contributed by atoms with Gasteiger partial charge in [0.05, 0.1) is 0 Å². The number of aldehydes is 1. The van der Waals surface area contributed by atoms with Crippen LogP contribution in [0.5, 0.6) is 5.75 Å². The highest BCUT2D eigenvalue weighted by molar-refractivity contribution is 9.10. The molecule has 0 N–H and O–H groups in total. The second-order valence-electron chi connectivity index (χ2n) is 3.28. The molecule has 0 aliphatic rings. The van der Waals surface area contributed by atoms with Crippen LogP contribution in [0, 0.1) is 0 Å². The number of hydrogen-bond acceptors (Lipinski definition) is 2. The molecule has 0 heterocycles. The predicted molar refractivity (Wildman–Crippen MR) is 54.9 cm³/mol. The number of ether oxygens (including phenoxy) is 1. The molecule has 0 amide bonds. The van der Waals surface area contributed by atoms with Gasteiger partial charge in [0.25, 0.3) is 0 Å². The van der Waals surface area contributed by atoms with Gasteiger partial charge in [-0.3, -0.25) is 4.79 Å². The van der Waals surface area contributed by atoms with Crippen molar-refractivity contribution < 1.29 is 9.53 Å². The zero-order valence-corrected chi connectivity index (χ0v) is 9.17.